The Morgan fingerprint density at radius 2 is 2.21 bits per heavy atom. The van der Waals surface area contributed by atoms with Crippen molar-refractivity contribution in [2.24, 2.45) is 0 Å². The van der Waals surface area contributed by atoms with Crippen molar-refractivity contribution in [3.63, 3.8) is 0 Å². The number of ether oxygens (including phenoxy) is 1. The molecule has 1 aromatic carbocycles. The summed E-state index contributed by atoms with van der Waals surface area (Å²) in [5.74, 6) is 0.311. The first-order valence-corrected chi connectivity index (χ1v) is 8.72. The lowest BCUT2D eigenvalue weighted by molar-refractivity contribution is 0.0660. The third kappa shape index (κ3) is 3.73. The van der Waals surface area contributed by atoms with Crippen LogP contribution in [-0.2, 0) is 6.61 Å². The van der Waals surface area contributed by atoms with Crippen LogP contribution in [0.1, 0.15) is 27.3 Å². The van der Waals surface area contributed by atoms with Gasteiger partial charge < -0.3 is 15.0 Å². The fourth-order valence-corrected chi connectivity index (χ4v) is 3.60. The second kappa shape index (κ2) is 7.27. The number of aryl methyl sites for hydroxylation is 1. The molecule has 2 aromatic rings. The molecule has 1 fully saturated rings. The highest BCUT2D eigenvalue weighted by Gasteiger charge is 2.27. The fraction of sp³-hybridized carbons (Fsp3) is 0.412. The van der Waals surface area contributed by atoms with Crippen molar-refractivity contribution in [1.82, 2.24) is 15.2 Å². The zero-order chi connectivity index (χ0) is 17.1. The van der Waals surface area contributed by atoms with Crippen LogP contribution in [0.15, 0.2) is 24.3 Å². The second-order valence-electron chi connectivity index (χ2n) is 5.82. The van der Waals surface area contributed by atoms with E-state index < -0.39 is 0 Å². The summed E-state index contributed by atoms with van der Waals surface area (Å²) in [6.07, 6.45) is 0. The van der Waals surface area contributed by atoms with E-state index in [1.54, 1.807) is 12.1 Å². The van der Waals surface area contributed by atoms with E-state index in [2.05, 4.69) is 10.3 Å². The molecule has 0 aliphatic carbocycles. The molecule has 1 aliphatic heterocycles. The maximum Gasteiger partial charge on any atom is 0.266 e. The molecular weight excluding hydrogens is 329 g/mol. The average molecular weight is 349 g/mol. The second-order valence-corrected chi connectivity index (χ2v) is 6.90. The van der Waals surface area contributed by atoms with Crippen LogP contribution in [0.25, 0.3) is 0 Å². The van der Waals surface area contributed by atoms with Gasteiger partial charge in [0.25, 0.3) is 5.91 Å². The molecule has 1 N–H and O–H groups in total. The lowest BCUT2D eigenvalue weighted by atomic mass is 10.2. The van der Waals surface area contributed by atoms with Gasteiger partial charge in [-0.25, -0.2) is 9.37 Å². The highest BCUT2D eigenvalue weighted by Crippen LogP contribution is 2.23. The normalized spacial score (nSPS) is 17.8. The predicted molar refractivity (Wildman–Crippen MR) is 91.0 cm³/mol. The monoisotopic (exact) mass is 349 g/mol. The molecular formula is C17H20FN3O2S. The Hall–Kier alpha value is -1.99. The highest BCUT2D eigenvalue weighted by atomic mass is 32.1. The van der Waals surface area contributed by atoms with E-state index in [-0.39, 0.29) is 24.4 Å². The number of aromatic nitrogens is 1. The van der Waals surface area contributed by atoms with Gasteiger partial charge in [-0.3, -0.25) is 4.79 Å². The Morgan fingerprint density at radius 3 is 2.92 bits per heavy atom. The minimum Gasteiger partial charge on any atom is -0.486 e. The van der Waals surface area contributed by atoms with Crippen LogP contribution in [0.2, 0.25) is 0 Å². The standard InChI is InChI=1S/C17H20FN3O2S/c1-11-9-19-7-8-21(11)17(22)16-12(2)20-15(24-16)10-23-14-5-3-13(18)4-6-14/h3-6,11,19H,7-10H2,1-2H3/t11-/m0/s1. The van der Waals surface area contributed by atoms with Gasteiger partial charge in [-0.2, -0.15) is 0 Å². The molecule has 2 heterocycles. The molecule has 3 rings (SSSR count). The topological polar surface area (TPSA) is 54.5 Å². The number of rotatable bonds is 4. The van der Waals surface area contributed by atoms with Gasteiger partial charge in [0, 0.05) is 25.7 Å². The quantitative estimate of drug-likeness (QED) is 0.922. The molecule has 1 aromatic heterocycles. The third-order valence-corrected chi connectivity index (χ3v) is 5.09. The minimum absolute atomic E-state index is 0.0343. The Bertz CT molecular complexity index is 717. The van der Waals surface area contributed by atoms with Crippen molar-refractivity contribution in [2.75, 3.05) is 19.6 Å². The van der Waals surface area contributed by atoms with Crippen LogP contribution in [-0.4, -0.2) is 41.5 Å². The number of thiazole rings is 1. The van der Waals surface area contributed by atoms with Gasteiger partial charge in [0.1, 0.15) is 28.1 Å². The summed E-state index contributed by atoms with van der Waals surface area (Å²) in [6.45, 7) is 6.48. The van der Waals surface area contributed by atoms with Crippen LogP contribution in [0, 0.1) is 12.7 Å². The molecule has 0 spiro atoms. The van der Waals surface area contributed by atoms with Gasteiger partial charge >= 0.3 is 0 Å². The average Bonchev–Trinajstić information content (AvgIpc) is 2.95. The Labute approximate surface area is 144 Å². The maximum absolute atomic E-state index is 12.9. The summed E-state index contributed by atoms with van der Waals surface area (Å²) in [6, 6.07) is 6.02. The van der Waals surface area contributed by atoms with Crippen LogP contribution in [0.3, 0.4) is 0 Å². The molecule has 1 amide bonds. The van der Waals surface area contributed by atoms with E-state index in [0.717, 1.165) is 23.8 Å². The first-order chi connectivity index (χ1) is 11.5. The van der Waals surface area contributed by atoms with Gasteiger partial charge in [-0.05, 0) is 38.1 Å². The van der Waals surface area contributed by atoms with Crippen LogP contribution in [0.4, 0.5) is 4.39 Å². The molecule has 7 heteroatoms. The van der Waals surface area contributed by atoms with Crippen molar-refractivity contribution >= 4 is 17.2 Å². The fourth-order valence-electron chi connectivity index (χ4n) is 2.66. The number of nitrogens with one attached hydrogen (secondary N) is 1. The molecule has 1 aliphatic rings. The summed E-state index contributed by atoms with van der Waals surface area (Å²) in [7, 11) is 0. The van der Waals surface area contributed by atoms with Crippen molar-refractivity contribution in [3.8, 4) is 5.75 Å². The number of piperazine rings is 1. The predicted octanol–water partition coefficient (Wildman–Crippen LogP) is 2.60. The summed E-state index contributed by atoms with van der Waals surface area (Å²) in [4.78, 5) is 19.7. The number of benzene rings is 1. The Balaban J connectivity index is 1.68. The molecule has 1 atom stereocenters. The number of carbonyl (C=O) groups excluding carboxylic acids is 1. The van der Waals surface area contributed by atoms with Gasteiger partial charge in [-0.1, -0.05) is 0 Å². The summed E-state index contributed by atoms with van der Waals surface area (Å²) in [5.41, 5.74) is 0.730. The smallest absolute Gasteiger partial charge is 0.266 e. The van der Waals surface area contributed by atoms with Gasteiger partial charge in [0.2, 0.25) is 0 Å². The van der Waals surface area contributed by atoms with Crippen molar-refractivity contribution < 1.29 is 13.9 Å². The van der Waals surface area contributed by atoms with E-state index in [1.165, 1.54) is 23.5 Å². The number of carbonyl (C=O) groups is 1. The van der Waals surface area contributed by atoms with E-state index in [9.17, 15) is 9.18 Å². The summed E-state index contributed by atoms with van der Waals surface area (Å²) < 4.78 is 18.5. The first kappa shape index (κ1) is 16.9. The third-order valence-electron chi connectivity index (χ3n) is 3.97. The van der Waals surface area contributed by atoms with Crippen LogP contribution >= 0.6 is 11.3 Å². The van der Waals surface area contributed by atoms with Crippen molar-refractivity contribution in [1.29, 1.82) is 0 Å². The molecule has 5 nitrogen and oxygen atoms in total. The van der Waals surface area contributed by atoms with E-state index in [1.807, 2.05) is 18.7 Å². The summed E-state index contributed by atoms with van der Waals surface area (Å²) in [5, 5.41) is 4.02. The zero-order valence-electron chi connectivity index (χ0n) is 13.7. The van der Waals surface area contributed by atoms with E-state index in [4.69, 9.17) is 4.74 Å². The van der Waals surface area contributed by atoms with Crippen molar-refractivity contribution in [3.05, 3.63) is 45.7 Å². The van der Waals surface area contributed by atoms with Crippen LogP contribution < -0.4 is 10.1 Å². The number of amides is 1. The first-order valence-electron chi connectivity index (χ1n) is 7.91. The lowest BCUT2D eigenvalue weighted by Gasteiger charge is -2.33. The molecule has 128 valence electrons. The molecule has 0 bridgehead atoms. The van der Waals surface area contributed by atoms with E-state index >= 15 is 0 Å². The Morgan fingerprint density at radius 1 is 1.46 bits per heavy atom. The number of hydrogen-bond donors (Lipinski definition) is 1. The maximum atomic E-state index is 12.9. The number of halogens is 1. The number of hydrogen-bond acceptors (Lipinski definition) is 5. The van der Waals surface area contributed by atoms with Crippen LogP contribution in [0.5, 0.6) is 5.75 Å². The highest BCUT2D eigenvalue weighted by molar-refractivity contribution is 7.13. The largest absolute Gasteiger partial charge is 0.486 e. The Kier molecular flexibility index (Phi) is 5.11. The molecule has 0 unspecified atom stereocenters. The number of nitrogens with zero attached hydrogens (tertiary/aromatic N) is 2. The SMILES string of the molecule is Cc1nc(COc2ccc(F)cc2)sc1C(=O)N1CCNC[C@@H]1C. The van der Waals surface area contributed by atoms with Gasteiger partial charge in [0.05, 0.1) is 5.69 Å². The lowest BCUT2D eigenvalue weighted by Crippen LogP contribution is -2.52. The molecule has 0 saturated carbocycles. The van der Waals surface area contributed by atoms with E-state index in [0.29, 0.717) is 17.2 Å². The molecule has 24 heavy (non-hydrogen) atoms. The molecule has 1 saturated heterocycles. The summed E-state index contributed by atoms with van der Waals surface area (Å²) >= 11 is 1.36. The zero-order valence-corrected chi connectivity index (χ0v) is 14.5. The minimum atomic E-state index is -0.300. The molecule has 0 radical (unpaired) electrons. The van der Waals surface area contributed by atoms with Gasteiger partial charge in [-0.15, -0.1) is 11.3 Å². The van der Waals surface area contributed by atoms with Gasteiger partial charge in [0.15, 0.2) is 0 Å². The van der Waals surface area contributed by atoms with Crippen molar-refractivity contribution in [2.45, 2.75) is 26.5 Å².